The van der Waals surface area contributed by atoms with Gasteiger partial charge in [-0.15, -0.1) is 0 Å². The number of aromatic nitrogens is 2. The SMILES string of the molecule is CC(C)C(C)N(C)c1nc[nH]c(=O)c1Br. The number of nitrogens with one attached hydrogen (secondary N) is 1. The first kappa shape index (κ1) is 12.2. The van der Waals surface area contributed by atoms with E-state index in [1.807, 2.05) is 11.9 Å². The van der Waals surface area contributed by atoms with Crippen LogP contribution in [0.15, 0.2) is 15.6 Å². The Hall–Kier alpha value is -0.840. The fourth-order valence-electron chi connectivity index (χ4n) is 1.26. The van der Waals surface area contributed by atoms with E-state index in [1.165, 1.54) is 6.33 Å². The van der Waals surface area contributed by atoms with E-state index >= 15 is 0 Å². The lowest BCUT2D eigenvalue weighted by molar-refractivity contribution is 0.502. The zero-order chi connectivity index (χ0) is 11.6. The molecule has 0 aliphatic heterocycles. The summed E-state index contributed by atoms with van der Waals surface area (Å²) in [7, 11) is 1.94. The predicted octanol–water partition coefficient (Wildman–Crippen LogP) is 2.01. The maximum absolute atomic E-state index is 11.4. The summed E-state index contributed by atoms with van der Waals surface area (Å²) in [5.74, 6) is 1.18. The summed E-state index contributed by atoms with van der Waals surface area (Å²) in [5.41, 5.74) is -0.150. The molecule has 0 spiro atoms. The van der Waals surface area contributed by atoms with Crippen molar-refractivity contribution in [1.29, 1.82) is 0 Å². The van der Waals surface area contributed by atoms with Gasteiger partial charge in [0.2, 0.25) is 0 Å². The summed E-state index contributed by atoms with van der Waals surface area (Å²) in [6.07, 6.45) is 1.42. The van der Waals surface area contributed by atoms with Gasteiger partial charge < -0.3 is 9.88 Å². The third kappa shape index (κ3) is 2.59. The summed E-state index contributed by atoms with van der Waals surface area (Å²) in [6.45, 7) is 6.39. The molecule has 0 radical (unpaired) electrons. The molecule has 0 saturated heterocycles. The van der Waals surface area contributed by atoms with E-state index in [4.69, 9.17) is 0 Å². The number of nitrogens with zero attached hydrogens (tertiary/aromatic N) is 2. The summed E-state index contributed by atoms with van der Waals surface area (Å²) in [6, 6.07) is 0.329. The normalized spacial score (nSPS) is 12.9. The smallest absolute Gasteiger partial charge is 0.267 e. The van der Waals surface area contributed by atoms with Crippen molar-refractivity contribution < 1.29 is 0 Å². The van der Waals surface area contributed by atoms with Crippen LogP contribution >= 0.6 is 15.9 Å². The Morgan fingerprint density at radius 2 is 2.07 bits per heavy atom. The number of halogens is 1. The lowest BCUT2D eigenvalue weighted by atomic mass is 10.1. The molecule has 1 rings (SSSR count). The summed E-state index contributed by atoms with van der Waals surface area (Å²) < 4.78 is 0.486. The maximum Gasteiger partial charge on any atom is 0.267 e. The zero-order valence-corrected chi connectivity index (χ0v) is 11.0. The van der Waals surface area contributed by atoms with Crippen LogP contribution in [0.25, 0.3) is 0 Å². The van der Waals surface area contributed by atoms with Crippen molar-refractivity contribution in [3.8, 4) is 0 Å². The maximum atomic E-state index is 11.4. The van der Waals surface area contributed by atoms with Crippen molar-refractivity contribution >= 4 is 21.7 Å². The van der Waals surface area contributed by atoms with Gasteiger partial charge in [0, 0.05) is 13.1 Å². The van der Waals surface area contributed by atoms with Gasteiger partial charge in [0.25, 0.3) is 5.56 Å². The molecular formula is C10H16BrN3O. The van der Waals surface area contributed by atoms with Gasteiger partial charge in [0.1, 0.15) is 10.3 Å². The highest BCUT2D eigenvalue weighted by molar-refractivity contribution is 9.10. The number of anilines is 1. The summed E-state index contributed by atoms with van der Waals surface area (Å²) in [4.78, 5) is 20.1. The quantitative estimate of drug-likeness (QED) is 0.917. The Kier molecular flexibility index (Phi) is 3.90. The molecule has 15 heavy (non-hydrogen) atoms. The monoisotopic (exact) mass is 273 g/mol. The molecule has 0 aromatic carbocycles. The van der Waals surface area contributed by atoms with Gasteiger partial charge in [-0.05, 0) is 28.8 Å². The van der Waals surface area contributed by atoms with E-state index in [9.17, 15) is 4.79 Å². The fraction of sp³-hybridized carbons (Fsp3) is 0.600. The van der Waals surface area contributed by atoms with Crippen LogP contribution in [0.3, 0.4) is 0 Å². The third-order valence-corrected chi connectivity index (χ3v) is 3.40. The molecule has 84 valence electrons. The molecule has 1 aromatic heterocycles. The predicted molar refractivity (Wildman–Crippen MR) is 65.3 cm³/mol. The van der Waals surface area contributed by atoms with Crippen LogP contribution < -0.4 is 10.5 Å². The van der Waals surface area contributed by atoms with Crippen LogP contribution in [0.2, 0.25) is 0 Å². The molecule has 1 unspecified atom stereocenters. The van der Waals surface area contributed by atoms with E-state index in [2.05, 4.69) is 46.7 Å². The molecule has 0 fully saturated rings. The molecule has 4 nitrogen and oxygen atoms in total. The summed E-state index contributed by atoms with van der Waals surface area (Å²) >= 11 is 3.25. The molecule has 0 aliphatic rings. The van der Waals surface area contributed by atoms with Crippen molar-refractivity contribution in [3.63, 3.8) is 0 Å². The minimum absolute atomic E-state index is 0.150. The number of rotatable bonds is 3. The second-order valence-corrected chi connectivity index (χ2v) is 4.76. The van der Waals surface area contributed by atoms with Crippen LogP contribution in [0, 0.1) is 5.92 Å². The lowest BCUT2D eigenvalue weighted by Crippen LogP contribution is -2.35. The Labute approximate surface area is 97.8 Å². The first-order valence-electron chi connectivity index (χ1n) is 4.91. The van der Waals surface area contributed by atoms with E-state index in [-0.39, 0.29) is 5.56 Å². The highest BCUT2D eigenvalue weighted by atomic mass is 79.9. The second kappa shape index (κ2) is 4.79. The Bertz CT molecular complexity index is 388. The standard InChI is InChI=1S/C10H16BrN3O/c1-6(2)7(3)14(4)9-8(11)10(15)13-5-12-9/h5-7H,1-4H3,(H,12,13,15). The van der Waals surface area contributed by atoms with Crippen LogP contribution in [0.4, 0.5) is 5.82 Å². The van der Waals surface area contributed by atoms with Gasteiger partial charge in [0.15, 0.2) is 0 Å². The average Bonchev–Trinajstić information content (AvgIpc) is 2.20. The first-order valence-corrected chi connectivity index (χ1v) is 5.70. The highest BCUT2D eigenvalue weighted by Gasteiger charge is 2.18. The number of hydrogen-bond acceptors (Lipinski definition) is 3. The van der Waals surface area contributed by atoms with E-state index in [0.29, 0.717) is 22.3 Å². The molecule has 0 bridgehead atoms. The minimum Gasteiger partial charge on any atom is -0.356 e. The highest BCUT2D eigenvalue weighted by Crippen LogP contribution is 2.21. The largest absolute Gasteiger partial charge is 0.356 e. The number of H-pyrrole nitrogens is 1. The third-order valence-electron chi connectivity index (χ3n) is 2.69. The van der Waals surface area contributed by atoms with Crippen LogP contribution in [-0.2, 0) is 0 Å². The van der Waals surface area contributed by atoms with Gasteiger partial charge >= 0.3 is 0 Å². The van der Waals surface area contributed by atoms with E-state index in [1.54, 1.807) is 0 Å². The zero-order valence-electron chi connectivity index (χ0n) is 9.41. The molecule has 0 amide bonds. The van der Waals surface area contributed by atoms with Crippen LogP contribution in [0.5, 0.6) is 0 Å². The van der Waals surface area contributed by atoms with E-state index < -0.39 is 0 Å². The lowest BCUT2D eigenvalue weighted by Gasteiger charge is -2.29. The molecule has 1 N–H and O–H groups in total. The minimum atomic E-state index is -0.150. The molecule has 1 heterocycles. The number of aromatic amines is 1. The van der Waals surface area contributed by atoms with Crippen LogP contribution in [-0.4, -0.2) is 23.1 Å². The van der Waals surface area contributed by atoms with Gasteiger partial charge in [0.05, 0.1) is 6.33 Å². The van der Waals surface area contributed by atoms with Crippen molar-refractivity contribution in [1.82, 2.24) is 9.97 Å². The Balaban J connectivity index is 3.06. The van der Waals surface area contributed by atoms with Crippen molar-refractivity contribution in [2.24, 2.45) is 5.92 Å². The first-order chi connectivity index (χ1) is 6.95. The number of hydrogen-bond donors (Lipinski definition) is 1. The second-order valence-electron chi connectivity index (χ2n) is 3.96. The van der Waals surface area contributed by atoms with Crippen molar-refractivity contribution in [3.05, 3.63) is 21.2 Å². The molecular weight excluding hydrogens is 258 g/mol. The topological polar surface area (TPSA) is 49.0 Å². The van der Waals surface area contributed by atoms with Crippen molar-refractivity contribution in [2.45, 2.75) is 26.8 Å². The van der Waals surface area contributed by atoms with Crippen LogP contribution in [0.1, 0.15) is 20.8 Å². The van der Waals surface area contributed by atoms with Gasteiger partial charge in [-0.3, -0.25) is 4.79 Å². The Morgan fingerprint density at radius 3 is 2.60 bits per heavy atom. The molecule has 0 aliphatic carbocycles. The molecule has 0 saturated carbocycles. The summed E-state index contributed by atoms with van der Waals surface area (Å²) in [5, 5.41) is 0. The fourth-order valence-corrected chi connectivity index (χ4v) is 1.76. The molecule has 5 heteroatoms. The van der Waals surface area contributed by atoms with Gasteiger partial charge in [-0.1, -0.05) is 13.8 Å². The Morgan fingerprint density at radius 1 is 1.47 bits per heavy atom. The van der Waals surface area contributed by atoms with E-state index in [0.717, 1.165) is 0 Å². The molecule has 1 aromatic rings. The van der Waals surface area contributed by atoms with Crippen molar-refractivity contribution in [2.75, 3.05) is 11.9 Å². The van der Waals surface area contributed by atoms with Gasteiger partial charge in [-0.2, -0.15) is 0 Å². The molecule has 1 atom stereocenters. The average molecular weight is 274 g/mol. The van der Waals surface area contributed by atoms with Gasteiger partial charge in [-0.25, -0.2) is 4.98 Å².